The van der Waals surface area contributed by atoms with E-state index in [9.17, 15) is 0 Å². The van der Waals surface area contributed by atoms with Crippen molar-refractivity contribution in [2.24, 2.45) is 0 Å². The molecule has 1 aliphatic rings. The van der Waals surface area contributed by atoms with Gasteiger partial charge in [-0.25, -0.2) is 4.98 Å². The largest absolute Gasteiger partial charge is 0.509 e. The van der Waals surface area contributed by atoms with E-state index < -0.39 is 0 Å². The molecule has 0 radical (unpaired) electrons. The quantitative estimate of drug-likeness (QED) is 0.161. The second-order valence-electron chi connectivity index (χ2n) is 14.7. The zero-order valence-electron chi connectivity index (χ0n) is 30.3. The third-order valence-electron chi connectivity index (χ3n) is 10.4. The predicted molar refractivity (Wildman–Crippen MR) is 217 cm³/mol. The molecule has 0 saturated heterocycles. The first-order valence-electron chi connectivity index (χ1n) is 17.9. The van der Waals surface area contributed by atoms with Gasteiger partial charge < -0.3 is 23.7 Å². The molecule has 9 aromatic rings. The molecule has 268 valence electrons. The SMILES string of the molecule is CN1[CH-]N(c2[c-]c(Oc3[c-]c4c(cc3)c3cc(-n5c6ccccc6c6ccccc65)ccc3n4-c3cc(C(C)(C)C)ccn3)ccc2)c2ccccc21.[Pt]. The summed E-state index contributed by atoms with van der Waals surface area (Å²) < 4.78 is 11.1. The van der Waals surface area contributed by atoms with Crippen LogP contribution in [-0.4, -0.2) is 21.2 Å². The van der Waals surface area contributed by atoms with Crippen molar-refractivity contribution < 1.29 is 25.8 Å². The van der Waals surface area contributed by atoms with Gasteiger partial charge in [-0.2, -0.15) is 18.8 Å². The Balaban J connectivity index is 0.00000384. The molecule has 1 aliphatic heterocycles. The minimum atomic E-state index is -0.0406. The van der Waals surface area contributed by atoms with Gasteiger partial charge in [0.1, 0.15) is 5.82 Å². The topological polar surface area (TPSA) is 38.5 Å². The van der Waals surface area contributed by atoms with Gasteiger partial charge >= 0.3 is 0 Å². The molecule has 0 unspecified atom stereocenters. The van der Waals surface area contributed by atoms with Crippen LogP contribution >= 0.6 is 0 Å². The van der Waals surface area contributed by atoms with Gasteiger partial charge in [0.05, 0.1) is 11.0 Å². The van der Waals surface area contributed by atoms with E-state index in [-0.39, 0.29) is 26.5 Å². The summed E-state index contributed by atoms with van der Waals surface area (Å²) in [7, 11) is 2.06. The Morgan fingerprint density at radius 1 is 0.611 bits per heavy atom. The molecule has 6 nitrogen and oxygen atoms in total. The number of fused-ring (bicyclic) bond motifs is 7. The van der Waals surface area contributed by atoms with Crippen molar-refractivity contribution in [2.45, 2.75) is 26.2 Å². The van der Waals surface area contributed by atoms with Crippen molar-refractivity contribution >= 4 is 60.7 Å². The van der Waals surface area contributed by atoms with Crippen molar-refractivity contribution in [3.05, 3.63) is 164 Å². The Kier molecular flexibility index (Phi) is 8.13. The molecule has 0 N–H and O–H groups in total. The summed E-state index contributed by atoms with van der Waals surface area (Å²) in [6, 6.07) is 53.9. The maximum absolute atomic E-state index is 6.54. The van der Waals surface area contributed by atoms with Gasteiger partial charge in [0.2, 0.25) is 0 Å². The van der Waals surface area contributed by atoms with Crippen LogP contribution in [0, 0.1) is 18.8 Å². The van der Waals surface area contributed by atoms with E-state index >= 15 is 0 Å². The zero-order valence-corrected chi connectivity index (χ0v) is 32.6. The third kappa shape index (κ3) is 5.47. The van der Waals surface area contributed by atoms with E-state index in [0.29, 0.717) is 11.5 Å². The molecule has 0 bridgehead atoms. The zero-order chi connectivity index (χ0) is 35.8. The molecule has 4 heterocycles. The van der Waals surface area contributed by atoms with Crippen LogP contribution in [0.15, 0.2) is 140 Å². The second kappa shape index (κ2) is 12.9. The predicted octanol–water partition coefficient (Wildman–Crippen LogP) is 11.7. The number of ether oxygens (including phenoxy) is 1. The van der Waals surface area contributed by atoms with Gasteiger partial charge in [-0.1, -0.05) is 74.8 Å². The number of rotatable bonds is 5. The molecule has 0 spiro atoms. The average Bonchev–Trinajstić information content (AvgIpc) is 3.81. The summed E-state index contributed by atoms with van der Waals surface area (Å²) in [4.78, 5) is 9.17. The van der Waals surface area contributed by atoms with E-state index in [4.69, 9.17) is 9.72 Å². The van der Waals surface area contributed by atoms with E-state index in [2.05, 4.69) is 175 Å². The number of aromatic nitrogens is 3. The molecule has 54 heavy (non-hydrogen) atoms. The fourth-order valence-electron chi connectivity index (χ4n) is 7.77. The normalized spacial score (nSPS) is 12.9. The maximum atomic E-state index is 6.54. The number of benzene rings is 6. The van der Waals surface area contributed by atoms with Gasteiger partial charge in [-0.3, -0.25) is 0 Å². The Morgan fingerprint density at radius 2 is 1.30 bits per heavy atom. The number of pyridine rings is 1. The number of anilines is 3. The fourth-order valence-corrected chi connectivity index (χ4v) is 7.77. The van der Waals surface area contributed by atoms with Crippen LogP contribution in [-0.2, 0) is 26.5 Å². The van der Waals surface area contributed by atoms with Gasteiger partial charge in [0.25, 0.3) is 0 Å². The molecule has 0 aliphatic carbocycles. The Morgan fingerprint density at radius 3 is 2.06 bits per heavy atom. The van der Waals surface area contributed by atoms with E-state index in [1.54, 1.807) is 0 Å². The number of hydrogen-bond donors (Lipinski definition) is 0. The van der Waals surface area contributed by atoms with Gasteiger partial charge in [0, 0.05) is 72.1 Å². The summed E-state index contributed by atoms with van der Waals surface area (Å²) in [6.45, 7) is 8.77. The number of para-hydroxylation sites is 4. The summed E-state index contributed by atoms with van der Waals surface area (Å²) in [5, 5.41) is 4.67. The summed E-state index contributed by atoms with van der Waals surface area (Å²) in [6.07, 6.45) is 1.91. The van der Waals surface area contributed by atoms with Crippen LogP contribution < -0.4 is 14.5 Å². The third-order valence-corrected chi connectivity index (χ3v) is 10.4. The molecule has 0 saturated carbocycles. The van der Waals surface area contributed by atoms with Crippen LogP contribution in [0.3, 0.4) is 0 Å². The molecule has 7 heteroatoms. The molecule has 6 aromatic carbocycles. The summed E-state index contributed by atoms with van der Waals surface area (Å²) in [5.74, 6) is 2.06. The van der Waals surface area contributed by atoms with E-state index in [1.807, 2.05) is 30.5 Å². The first-order valence-corrected chi connectivity index (χ1v) is 17.9. The second-order valence-corrected chi connectivity index (χ2v) is 14.7. The van der Waals surface area contributed by atoms with Crippen LogP contribution in [0.1, 0.15) is 26.3 Å². The van der Waals surface area contributed by atoms with Crippen molar-refractivity contribution in [1.29, 1.82) is 0 Å². The van der Waals surface area contributed by atoms with Crippen LogP contribution in [0.2, 0.25) is 0 Å². The smallest absolute Gasteiger partial charge is 0.135 e. The monoisotopic (exact) mass is 881 g/mol. The van der Waals surface area contributed by atoms with E-state index in [1.165, 1.54) is 27.4 Å². The van der Waals surface area contributed by atoms with Crippen LogP contribution in [0.5, 0.6) is 11.5 Å². The van der Waals surface area contributed by atoms with Crippen molar-refractivity contribution in [3.63, 3.8) is 0 Å². The molecule has 3 aromatic heterocycles. The molecule has 0 atom stereocenters. The Labute approximate surface area is 329 Å². The molecule has 0 fully saturated rings. The summed E-state index contributed by atoms with van der Waals surface area (Å²) >= 11 is 0. The van der Waals surface area contributed by atoms with Gasteiger partial charge in [-0.15, -0.1) is 41.4 Å². The number of nitrogens with zero attached hydrogens (tertiary/aromatic N) is 5. The molecular formula is C47H36N5OPt-3. The molecule has 10 rings (SSSR count). The minimum absolute atomic E-state index is 0. The van der Waals surface area contributed by atoms with Crippen molar-refractivity contribution in [2.75, 3.05) is 16.8 Å². The number of hydrogen-bond acceptors (Lipinski definition) is 4. The Hall–Kier alpha value is -5.84. The minimum Gasteiger partial charge on any atom is -0.509 e. The first kappa shape index (κ1) is 34.0. The van der Waals surface area contributed by atoms with Gasteiger partial charge in [-0.05, 0) is 78.0 Å². The van der Waals surface area contributed by atoms with Crippen LogP contribution in [0.4, 0.5) is 17.1 Å². The standard InChI is InChI=1S/C47H36N5O.Pt/c1-47(2,3)31-24-25-48-46(26-31)52-42-23-20-33(51-40-16-7-5-14-36(40)37-15-6-8-17-41(37)51)28-39(42)38-22-21-35(29-45(38)52)53-34-13-11-12-32(27-34)50-30-49(4)43-18-9-10-19-44(43)50;/h5-26,28,30H,1-4H3;/q-3;. The van der Waals surface area contributed by atoms with Crippen LogP contribution in [0.25, 0.3) is 55.1 Å². The van der Waals surface area contributed by atoms with Gasteiger partial charge in [0.15, 0.2) is 0 Å². The van der Waals surface area contributed by atoms with Crippen molar-refractivity contribution in [1.82, 2.24) is 14.1 Å². The Bertz CT molecular complexity index is 2830. The summed E-state index contributed by atoms with van der Waals surface area (Å²) in [5.41, 5.74) is 9.73. The van der Waals surface area contributed by atoms with Crippen molar-refractivity contribution in [3.8, 4) is 23.0 Å². The molecular weight excluding hydrogens is 846 g/mol. The fraction of sp³-hybridized carbons (Fsp3) is 0.106. The molecule has 0 amide bonds. The first-order chi connectivity index (χ1) is 25.8. The maximum Gasteiger partial charge on any atom is 0.135 e. The average molecular weight is 882 g/mol. The van der Waals surface area contributed by atoms with E-state index in [0.717, 1.165) is 50.4 Å².